The van der Waals surface area contributed by atoms with Gasteiger partial charge in [0, 0.05) is 19.2 Å². The van der Waals surface area contributed by atoms with Crippen molar-refractivity contribution in [1.82, 2.24) is 4.31 Å². The van der Waals surface area contributed by atoms with Crippen molar-refractivity contribution in [3.63, 3.8) is 0 Å². The highest BCUT2D eigenvalue weighted by atomic mass is 32.2. The van der Waals surface area contributed by atoms with Gasteiger partial charge >= 0.3 is 5.69 Å². The number of thiophene rings is 1. The van der Waals surface area contributed by atoms with Gasteiger partial charge in [-0.1, -0.05) is 11.3 Å². The van der Waals surface area contributed by atoms with E-state index in [9.17, 15) is 18.5 Å². The number of nitro groups is 1. The molecule has 8 nitrogen and oxygen atoms in total. The highest BCUT2D eigenvalue weighted by molar-refractivity contribution is 7.91. The van der Waals surface area contributed by atoms with Crippen molar-refractivity contribution < 1.29 is 18.1 Å². The van der Waals surface area contributed by atoms with Crippen molar-refractivity contribution in [2.75, 3.05) is 18.8 Å². The molecule has 1 aromatic heterocycles. The van der Waals surface area contributed by atoms with Crippen molar-refractivity contribution in [3.05, 3.63) is 16.2 Å². The van der Waals surface area contributed by atoms with E-state index in [1.807, 2.05) is 0 Å². The summed E-state index contributed by atoms with van der Waals surface area (Å²) >= 11 is 0.710. The first-order chi connectivity index (χ1) is 9.53. The molecule has 0 bridgehead atoms. The number of morpholine rings is 1. The van der Waals surface area contributed by atoms with Crippen molar-refractivity contribution in [2.24, 2.45) is 0 Å². The van der Waals surface area contributed by atoms with E-state index >= 15 is 0 Å². The van der Waals surface area contributed by atoms with Crippen LogP contribution in [0.5, 0.6) is 0 Å². The van der Waals surface area contributed by atoms with Gasteiger partial charge in [0.2, 0.25) is 0 Å². The van der Waals surface area contributed by atoms with Crippen LogP contribution in [0, 0.1) is 10.1 Å². The molecule has 0 spiro atoms. The molecule has 2 rings (SSSR count). The number of hydrogen-bond acceptors (Lipinski definition) is 7. The van der Waals surface area contributed by atoms with Crippen LogP contribution in [0.25, 0.3) is 0 Å². The van der Waals surface area contributed by atoms with Crippen LogP contribution in [-0.4, -0.2) is 42.4 Å². The second-order valence-corrected chi connectivity index (χ2v) is 8.81. The molecule has 1 aromatic rings. The Kier molecular flexibility index (Phi) is 4.00. The number of sulfonamides is 1. The van der Waals surface area contributed by atoms with Crippen LogP contribution in [0.4, 0.5) is 10.7 Å². The number of hydrogen-bond donors (Lipinski definition) is 1. The summed E-state index contributed by atoms with van der Waals surface area (Å²) in [4.78, 5) is 10.1. The highest BCUT2D eigenvalue weighted by Crippen LogP contribution is 2.37. The van der Waals surface area contributed by atoms with Gasteiger partial charge in [0.25, 0.3) is 10.0 Å². The summed E-state index contributed by atoms with van der Waals surface area (Å²) in [6, 6.07) is 1.02. The minimum Gasteiger partial charge on any atom is -0.385 e. The zero-order valence-electron chi connectivity index (χ0n) is 11.9. The van der Waals surface area contributed by atoms with E-state index < -0.39 is 20.5 Å². The van der Waals surface area contributed by atoms with Gasteiger partial charge in [-0.25, -0.2) is 8.42 Å². The Hall–Kier alpha value is -1.23. The second-order valence-electron chi connectivity index (χ2n) is 5.56. The standard InChI is InChI=1S/C11H17N3O5S2/c1-7-5-13(6-11(2,3)19-7)21(17,18)9-4-8(14(15)16)10(12)20-9/h4,7H,5-6,12H2,1-3H3. The van der Waals surface area contributed by atoms with Crippen LogP contribution in [0.2, 0.25) is 0 Å². The summed E-state index contributed by atoms with van der Waals surface area (Å²) in [5.41, 5.74) is 4.53. The minimum atomic E-state index is -3.81. The summed E-state index contributed by atoms with van der Waals surface area (Å²) in [7, 11) is -3.81. The molecule has 1 aliphatic rings. The zero-order valence-corrected chi connectivity index (χ0v) is 13.5. The molecule has 10 heteroatoms. The third-order valence-corrected chi connectivity index (χ3v) is 6.26. The predicted molar refractivity (Wildman–Crippen MR) is 78.8 cm³/mol. The van der Waals surface area contributed by atoms with Gasteiger partial charge in [-0.05, 0) is 20.8 Å². The topological polar surface area (TPSA) is 116 Å². The van der Waals surface area contributed by atoms with Crippen LogP contribution < -0.4 is 5.73 Å². The van der Waals surface area contributed by atoms with Crippen LogP contribution in [0.15, 0.2) is 10.3 Å². The van der Waals surface area contributed by atoms with E-state index in [4.69, 9.17) is 10.5 Å². The molecule has 1 aliphatic heterocycles. The molecule has 2 N–H and O–H groups in total. The summed E-state index contributed by atoms with van der Waals surface area (Å²) in [6.45, 7) is 5.78. The summed E-state index contributed by atoms with van der Waals surface area (Å²) in [6.07, 6.45) is -0.254. The van der Waals surface area contributed by atoms with Gasteiger partial charge in [0.15, 0.2) is 5.00 Å². The number of nitrogens with zero attached hydrogens (tertiary/aromatic N) is 2. The second kappa shape index (κ2) is 5.20. The average molecular weight is 335 g/mol. The maximum atomic E-state index is 12.6. The van der Waals surface area contributed by atoms with Crippen LogP contribution in [-0.2, 0) is 14.8 Å². The first-order valence-electron chi connectivity index (χ1n) is 6.24. The van der Waals surface area contributed by atoms with Crippen LogP contribution in [0.3, 0.4) is 0 Å². The number of ether oxygens (including phenoxy) is 1. The van der Waals surface area contributed by atoms with Gasteiger partial charge in [-0.2, -0.15) is 4.31 Å². The molecule has 1 fully saturated rings. The van der Waals surface area contributed by atoms with Crippen molar-refractivity contribution in [2.45, 2.75) is 36.7 Å². The molecule has 1 saturated heterocycles. The molecule has 0 saturated carbocycles. The van der Waals surface area contributed by atoms with E-state index in [0.29, 0.717) is 11.3 Å². The molecule has 2 heterocycles. The average Bonchev–Trinajstić information content (AvgIpc) is 2.69. The van der Waals surface area contributed by atoms with Gasteiger partial charge in [0.1, 0.15) is 4.21 Å². The molecule has 0 aromatic carbocycles. The van der Waals surface area contributed by atoms with E-state index in [1.54, 1.807) is 20.8 Å². The van der Waals surface area contributed by atoms with E-state index in [2.05, 4.69) is 0 Å². The molecule has 118 valence electrons. The Balaban J connectivity index is 2.38. The fourth-order valence-electron chi connectivity index (χ4n) is 2.35. The SMILES string of the molecule is CC1CN(S(=O)(=O)c2cc([N+](=O)[O-])c(N)s2)CC(C)(C)O1. The Morgan fingerprint density at radius 1 is 1.57 bits per heavy atom. The minimum absolute atomic E-state index is 0.112. The lowest BCUT2D eigenvalue weighted by Crippen LogP contribution is -2.53. The first-order valence-corrected chi connectivity index (χ1v) is 8.50. The Morgan fingerprint density at radius 3 is 2.67 bits per heavy atom. The lowest BCUT2D eigenvalue weighted by molar-refractivity contribution is -0.383. The van der Waals surface area contributed by atoms with Gasteiger partial charge in [0.05, 0.1) is 16.6 Å². The Bertz CT molecular complexity index is 667. The van der Waals surface area contributed by atoms with Gasteiger partial charge < -0.3 is 10.5 Å². The zero-order chi connectivity index (χ0) is 16.0. The maximum Gasteiger partial charge on any atom is 0.304 e. The number of anilines is 1. The lowest BCUT2D eigenvalue weighted by Gasteiger charge is -2.40. The van der Waals surface area contributed by atoms with Crippen LogP contribution in [0.1, 0.15) is 20.8 Å². The summed E-state index contributed by atoms with van der Waals surface area (Å²) in [5, 5.41) is 10.7. The third kappa shape index (κ3) is 3.18. The van der Waals surface area contributed by atoms with E-state index in [0.717, 1.165) is 6.07 Å². The van der Waals surface area contributed by atoms with Crippen molar-refractivity contribution in [1.29, 1.82) is 0 Å². The quantitative estimate of drug-likeness (QED) is 0.660. The smallest absolute Gasteiger partial charge is 0.304 e. The molecular weight excluding hydrogens is 318 g/mol. The molecule has 1 unspecified atom stereocenters. The maximum absolute atomic E-state index is 12.6. The molecule has 0 aliphatic carbocycles. The molecule has 1 atom stereocenters. The fourth-order valence-corrected chi connectivity index (χ4v) is 5.38. The van der Waals surface area contributed by atoms with E-state index in [1.165, 1.54) is 4.31 Å². The highest BCUT2D eigenvalue weighted by Gasteiger charge is 2.39. The molecule has 0 amide bonds. The Morgan fingerprint density at radius 2 is 2.19 bits per heavy atom. The number of nitrogen functional groups attached to an aromatic ring is 1. The first kappa shape index (κ1) is 16.1. The fraction of sp³-hybridized carbons (Fsp3) is 0.636. The molecule has 0 radical (unpaired) electrons. The van der Waals surface area contributed by atoms with E-state index in [-0.39, 0.29) is 34.1 Å². The summed E-state index contributed by atoms with van der Waals surface area (Å²) < 4.78 is 32.1. The van der Waals surface area contributed by atoms with Crippen LogP contribution >= 0.6 is 11.3 Å². The molecule has 21 heavy (non-hydrogen) atoms. The largest absolute Gasteiger partial charge is 0.385 e. The predicted octanol–water partition coefficient (Wildman–Crippen LogP) is 1.43. The number of rotatable bonds is 3. The summed E-state index contributed by atoms with van der Waals surface area (Å²) in [5.74, 6) is 0. The Labute approximate surface area is 126 Å². The lowest BCUT2D eigenvalue weighted by atomic mass is 10.1. The van der Waals surface area contributed by atoms with Gasteiger partial charge in [-0.15, -0.1) is 0 Å². The van der Waals surface area contributed by atoms with Gasteiger partial charge in [-0.3, -0.25) is 10.1 Å². The monoisotopic (exact) mass is 335 g/mol. The van der Waals surface area contributed by atoms with Crippen molar-refractivity contribution >= 4 is 32.0 Å². The number of nitrogens with two attached hydrogens (primary N) is 1. The van der Waals surface area contributed by atoms with Crippen molar-refractivity contribution in [3.8, 4) is 0 Å². The molecular formula is C11H17N3O5S2. The third-order valence-electron chi connectivity index (χ3n) is 3.05. The normalized spacial score (nSPS) is 23.1.